The summed E-state index contributed by atoms with van der Waals surface area (Å²) in [7, 11) is 0. The standard InChI is InChI=1S/C26H32ClF4N5O/c27-19-2-4-23(24(16-19)36-13-11-35(12-14-36)10-7-26(29,30)31)34-25(37)21-3-1-18(15-22(21)28)17-33-20-5-8-32-9-6-20/h1-4,15-16,20,32-33H,5-14,17H2,(H,34,37). The first-order chi connectivity index (χ1) is 17.7. The van der Waals surface area contributed by atoms with Crippen LogP contribution in [0.5, 0.6) is 0 Å². The van der Waals surface area contributed by atoms with Crippen LogP contribution in [-0.2, 0) is 6.54 Å². The van der Waals surface area contributed by atoms with Gasteiger partial charge >= 0.3 is 6.18 Å². The molecule has 4 rings (SSSR count). The molecular weight excluding hydrogens is 510 g/mol. The number of carbonyl (C=O) groups is 1. The van der Waals surface area contributed by atoms with Gasteiger partial charge < -0.3 is 20.9 Å². The maximum absolute atomic E-state index is 14.9. The van der Waals surface area contributed by atoms with Crippen LogP contribution in [0, 0.1) is 5.82 Å². The number of benzene rings is 2. The Morgan fingerprint density at radius 3 is 2.46 bits per heavy atom. The summed E-state index contributed by atoms with van der Waals surface area (Å²) in [4.78, 5) is 16.7. The normalized spacial score (nSPS) is 17.7. The smallest absolute Gasteiger partial charge is 0.367 e. The highest BCUT2D eigenvalue weighted by Gasteiger charge is 2.29. The average molecular weight is 542 g/mol. The Kier molecular flexibility index (Phi) is 9.28. The van der Waals surface area contributed by atoms with Gasteiger partial charge in [-0.25, -0.2) is 4.39 Å². The lowest BCUT2D eigenvalue weighted by Gasteiger charge is -2.37. The number of piperazine rings is 1. The van der Waals surface area contributed by atoms with Crippen molar-refractivity contribution in [2.75, 3.05) is 56.0 Å². The van der Waals surface area contributed by atoms with E-state index in [2.05, 4.69) is 16.0 Å². The fourth-order valence-corrected chi connectivity index (χ4v) is 4.87. The van der Waals surface area contributed by atoms with Crippen molar-refractivity contribution in [2.45, 2.75) is 38.0 Å². The summed E-state index contributed by atoms with van der Waals surface area (Å²) in [6.45, 7) is 4.29. The number of hydrogen-bond acceptors (Lipinski definition) is 5. The third-order valence-corrected chi connectivity index (χ3v) is 7.08. The molecule has 2 aromatic carbocycles. The fourth-order valence-electron chi connectivity index (χ4n) is 4.70. The lowest BCUT2D eigenvalue weighted by Crippen LogP contribution is -2.47. The van der Waals surface area contributed by atoms with Crippen molar-refractivity contribution in [1.29, 1.82) is 0 Å². The molecule has 2 aliphatic rings. The number of hydrogen-bond donors (Lipinski definition) is 3. The summed E-state index contributed by atoms with van der Waals surface area (Å²) in [5, 5.41) is 9.99. The van der Waals surface area contributed by atoms with E-state index in [0.717, 1.165) is 31.5 Å². The van der Waals surface area contributed by atoms with Crippen LogP contribution in [0.3, 0.4) is 0 Å². The van der Waals surface area contributed by atoms with Gasteiger partial charge in [-0.05, 0) is 61.8 Å². The quantitative estimate of drug-likeness (QED) is 0.425. The molecule has 3 N–H and O–H groups in total. The average Bonchev–Trinajstić information content (AvgIpc) is 2.88. The lowest BCUT2D eigenvalue weighted by atomic mass is 10.1. The van der Waals surface area contributed by atoms with E-state index in [-0.39, 0.29) is 12.1 Å². The molecule has 0 bridgehead atoms. The highest BCUT2D eigenvalue weighted by atomic mass is 35.5. The van der Waals surface area contributed by atoms with E-state index < -0.39 is 24.3 Å². The molecule has 0 aliphatic carbocycles. The molecule has 6 nitrogen and oxygen atoms in total. The summed E-state index contributed by atoms with van der Waals surface area (Å²) in [6.07, 6.45) is -2.98. The van der Waals surface area contributed by atoms with Crippen LogP contribution in [0.4, 0.5) is 28.9 Å². The minimum atomic E-state index is -4.18. The van der Waals surface area contributed by atoms with Crippen molar-refractivity contribution in [3.05, 3.63) is 58.4 Å². The zero-order valence-corrected chi connectivity index (χ0v) is 21.3. The van der Waals surface area contributed by atoms with Crippen LogP contribution in [0.1, 0.15) is 35.2 Å². The minimum absolute atomic E-state index is 0.0425. The van der Waals surface area contributed by atoms with Gasteiger partial charge in [0.1, 0.15) is 5.82 Å². The number of carbonyl (C=O) groups excluding carboxylic acids is 1. The van der Waals surface area contributed by atoms with E-state index >= 15 is 0 Å². The molecule has 0 saturated carbocycles. The van der Waals surface area contributed by atoms with Crippen molar-refractivity contribution in [1.82, 2.24) is 15.5 Å². The number of anilines is 2. The Labute approximate surface area is 219 Å². The van der Waals surface area contributed by atoms with Crippen molar-refractivity contribution in [3.8, 4) is 0 Å². The zero-order valence-electron chi connectivity index (χ0n) is 20.5. The molecule has 202 valence electrons. The van der Waals surface area contributed by atoms with Gasteiger partial charge in [0.15, 0.2) is 0 Å². The number of amides is 1. The van der Waals surface area contributed by atoms with E-state index in [9.17, 15) is 22.4 Å². The molecule has 2 fully saturated rings. The third kappa shape index (κ3) is 8.04. The molecule has 37 heavy (non-hydrogen) atoms. The van der Waals surface area contributed by atoms with Gasteiger partial charge in [0.05, 0.1) is 23.4 Å². The second-order valence-corrected chi connectivity index (χ2v) is 9.97. The molecular formula is C26H32ClF4N5O. The summed E-state index contributed by atoms with van der Waals surface area (Å²) in [5.41, 5.74) is 1.82. The SMILES string of the molecule is O=C(Nc1ccc(Cl)cc1N1CCN(CCC(F)(F)F)CC1)c1ccc(CNC2CCNCC2)cc1F. The minimum Gasteiger partial charge on any atom is -0.367 e. The summed E-state index contributed by atoms with van der Waals surface area (Å²) >= 11 is 6.20. The summed E-state index contributed by atoms with van der Waals surface area (Å²) < 4.78 is 52.5. The molecule has 2 saturated heterocycles. The van der Waals surface area contributed by atoms with Gasteiger partial charge in [0.2, 0.25) is 0 Å². The van der Waals surface area contributed by atoms with Crippen molar-refractivity contribution in [3.63, 3.8) is 0 Å². The molecule has 0 atom stereocenters. The van der Waals surface area contributed by atoms with Gasteiger partial charge in [-0.1, -0.05) is 17.7 Å². The Hall–Kier alpha value is -2.40. The van der Waals surface area contributed by atoms with Gasteiger partial charge in [-0.15, -0.1) is 0 Å². The van der Waals surface area contributed by atoms with E-state index in [1.54, 1.807) is 29.2 Å². The van der Waals surface area contributed by atoms with Crippen molar-refractivity contribution < 1.29 is 22.4 Å². The van der Waals surface area contributed by atoms with Crippen molar-refractivity contribution in [2.24, 2.45) is 0 Å². The van der Waals surface area contributed by atoms with E-state index in [1.807, 2.05) is 4.90 Å². The highest BCUT2D eigenvalue weighted by molar-refractivity contribution is 6.31. The number of nitrogens with zero attached hydrogens (tertiary/aromatic N) is 2. The van der Waals surface area contributed by atoms with Gasteiger partial charge in [-0.3, -0.25) is 9.69 Å². The summed E-state index contributed by atoms with van der Waals surface area (Å²) in [6, 6.07) is 9.99. The topological polar surface area (TPSA) is 59.6 Å². The first-order valence-electron chi connectivity index (χ1n) is 12.6. The molecule has 2 aromatic rings. The second-order valence-electron chi connectivity index (χ2n) is 9.53. The predicted molar refractivity (Wildman–Crippen MR) is 138 cm³/mol. The van der Waals surface area contributed by atoms with E-state index in [0.29, 0.717) is 55.2 Å². The Bertz CT molecular complexity index is 1070. The van der Waals surface area contributed by atoms with Gasteiger partial charge in [-0.2, -0.15) is 13.2 Å². The monoisotopic (exact) mass is 541 g/mol. The zero-order chi connectivity index (χ0) is 26.4. The van der Waals surface area contributed by atoms with Crippen LogP contribution in [0.2, 0.25) is 5.02 Å². The first kappa shape index (κ1) is 27.6. The number of rotatable bonds is 8. The van der Waals surface area contributed by atoms with Crippen LogP contribution < -0.4 is 20.9 Å². The van der Waals surface area contributed by atoms with Crippen LogP contribution >= 0.6 is 11.6 Å². The molecule has 0 spiro atoms. The molecule has 2 aliphatic heterocycles. The van der Waals surface area contributed by atoms with Crippen molar-refractivity contribution >= 4 is 28.9 Å². The van der Waals surface area contributed by atoms with Gasteiger partial charge in [0, 0.05) is 50.3 Å². The molecule has 0 radical (unpaired) electrons. The maximum Gasteiger partial charge on any atom is 0.390 e. The largest absolute Gasteiger partial charge is 0.390 e. The third-order valence-electron chi connectivity index (χ3n) is 6.84. The predicted octanol–water partition coefficient (Wildman–Crippen LogP) is 4.65. The van der Waals surface area contributed by atoms with E-state index in [4.69, 9.17) is 11.6 Å². The van der Waals surface area contributed by atoms with E-state index in [1.165, 1.54) is 12.1 Å². The lowest BCUT2D eigenvalue weighted by molar-refractivity contribution is -0.138. The van der Waals surface area contributed by atoms with Crippen LogP contribution in [0.15, 0.2) is 36.4 Å². The fraction of sp³-hybridized carbons (Fsp3) is 0.500. The Morgan fingerprint density at radius 2 is 1.78 bits per heavy atom. The molecule has 0 aromatic heterocycles. The molecule has 11 heteroatoms. The molecule has 2 heterocycles. The first-order valence-corrected chi connectivity index (χ1v) is 12.9. The number of halogens is 5. The number of piperidine rings is 1. The van der Waals surface area contributed by atoms with Crippen LogP contribution in [-0.4, -0.2) is 68.8 Å². The highest BCUT2D eigenvalue weighted by Crippen LogP contribution is 2.31. The maximum atomic E-state index is 14.9. The number of alkyl halides is 3. The molecule has 0 unspecified atom stereocenters. The van der Waals surface area contributed by atoms with Gasteiger partial charge in [0.25, 0.3) is 5.91 Å². The second kappa shape index (κ2) is 12.4. The van der Waals surface area contributed by atoms with Crippen LogP contribution in [0.25, 0.3) is 0 Å². The molecule has 1 amide bonds. The Balaban J connectivity index is 1.38. The Morgan fingerprint density at radius 1 is 1.05 bits per heavy atom. The number of nitrogens with one attached hydrogen (secondary N) is 3. The summed E-state index contributed by atoms with van der Waals surface area (Å²) in [5.74, 6) is -1.18.